The number of carbonyl (C=O) groups excluding carboxylic acids is 1. The molecule has 0 spiro atoms. The predicted molar refractivity (Wildman–Crippen MR) is 118 cm³/mol. The average Bonchev–Trinajstić information content (AvgIpc) is 3.27. The van der Waals surface area contributed by atoms with Crippen LogP contribution in [0.15, 0.2) is 53.1 Å². The first-order chi connectivity index (χ1) is 15.6. The van der Waals surface area contributed by atoms with Crippen molar-refractivity contribution in [2.75, 3.05) is 32.8 Å². The Labute approximate surface area is 187 Å². The van der Waals surface area contributed by atoms with Crippen molar-refractivity contribution in [3.8, 4) is 23.2 Å². The Hall–Kier alpha value is -3.70. The van der Waals surface area contributed by atoms with Gasteiger partial charge in [0.1, 0.15) is 5.75 Å². The molecule has 1 aromatic heterocycles. The van der Waals surface area contributed by atoms with Gasteiger partial charge in [-0.15, -0.1) is 0 Å². The molecule has 1 fully saturated rings. The van der Waals surface area contributed by atoms with E-state index in [1.165, 1.54) is 0 Å². The maximum Gasteiger partial charge on any atom is 0.260 e. The summed E-state index contributed by atoms with van der Waals surface area (Å²) < 4.78 is 11.1. The van der Waals surface area contributed by atoms with Gasteiger partial charge < -0.3 is 14.2 Å². The van der Waals surface area contributed by atoms with Crippen LogP contribution in [0, 0.1) is 18.3 Å². The van der Waals surface area contributed by atoms with Crippen LogP contribution in [-0.4, -0.2) is 58.6 Å². The highest BCUT2D eigenvalue weighted by atomic mass is 16.5. The number of aromatic nitrogens is 2. The van der Waals surface area contributed by atoms with E-state index < -0.39 is 0 Å². The Bertz CT molecular complexity index is 1100. The third kappa shape index (κ3) is 5.31. The lowest BCUT2D eigenvalue weighted by molar-refractivity contribution is -0.135. The SMILES string of the molecule is Cc1ccccc1-c1noc(CN2CCN(C(=O)COc3ccc(CC#N)cc3)CC2)n1. The van der Waals surface area contributed by atoms with Crippen LogP contribution in [0.1, 0.15) is 17.0 Å². The summed E-state index contributed by atoms with van der Waals surface area (Å²) in [4.78, 5) is 21.0. The second-order valence-corrected chi connectivity index (χ2v) is 7.75. The third-order valence-electron chi connectivity index (χ3n) is 5.51. The van der Waals surface area contributed by atoms with Crippen LogP contribution in [0.5, 0.6) is 5.75 Å². The minimum atomic E-state index is -0.0367. The Kier molecular flexibility index (Phi) is 6.78. The van der Waals surface area contributed by atoms with E-state index in [1.54, 1.807) is 12.1 Å². The van der Waals surface area contributed by atoms with Crippen molar-refractivity contribution in [3.63, 3.8) is 0 Å². The number of nitrogens with zero attached hydrogens (tertiary/aromatic N) is 5. The molecule has 1 aliphatic heterocycles. The van der Waals surface area contributed by atoms with Gasteiger partial charge in [-0.3, -0.25) is 9.69 Å². The van der Waals surface area contributed by atoms with Crippen LogP contribution in [0.4, 0.5) is 0 Å². The fourth-order valence-corrected chi connectivity index (χ4v) is 3.63. The van der Waals surface area contributed by atoms with E-state index in [-0.39, 0.29) is 12.5 Å². The number of hydrogen-bond donors (Lipinski definition) is 0. The molecule has 0 aliphatic carbocycles. The summed E-state index contributed by atoms with van der Waals surface area (Å²) in [6.07, 6.45) is 0.361. The summed E-state index contributed by atoms with van der Waals surface area (Å²) in [5, 5.41) is 12.8. The number of carbonyl (C=O) groups is 1. The van der Waals surface area contributed by atoms with Crippen molar-refractivity contribution in [1.82, 2.24) is 19.9 Å². The number of aryl methyl sites for hydroxylation is 1. The lowest BCUT2D eigenvalue weighted by Crippen LogP contribution is -2.49. The van der Waals surface area contributed by atoms with Crippen molar-refractivity contribution < 1.29 is 14.1 Å². The van der Waals surface area contributed by atoms with Gasteiger partial charge in [-0.25, -0.2) is 0 Å². The molecule has 2 aromatic carbocycles. The number of piperazine rings is 1. The van der Waals surface area contributed by atoms with E-state index in [9.17, 15) is 4.79 Å². The van der Waals surface area contributed by atoms with Crippen LogP contribution >= 0.6 is 0 Å². The van der Waals surface area contributed by atoms with Crippen molar-refractivity contribution in [2.24, 2.45) is 0 Å². The molecule has 0 atom stereocenters. The molecule has 8 nitrogen and oxygen atoms in total. The minimum Gasteiger partial charge on any atom is -0.484 e. The molecule has 1 amide bonds. The van der Waals surface area contributed by atoms with Gasteiger partial charge >= 0.3 is 0 Å². The molecule has 0 bridgehead atoms. The zero-order chi connectivity index (χ0) is 22.3. The van der Waals surface area contributed by atoms with Crippen molar-refractivity contribution in [3.05, 3.63) is 65.5 Å². The minimum absolute atomic E-state index is 0.00103. The van der Waals surface area contributed by atoms with Gasteiger partial charge in [0.05, 0.1) is 19.0 Å². The van der Waals surface area contributed by atoms with Gasteiger partial charge in [0.2, 0.25) is 11.7 Å². The molecule has 32 heavy (non-hydrogen) atoms. The molecular formula is C24H25N5O3. The number of benzene rings is 2. The Morgan fingerprint density at radius 3 is 2.59 bits per heavy atom. The highest BCUT2D eigenvalue weighted by molar-refractivity contribution is 5.77. The van der Waals surface area contributed by atoms with E-state index in [0.717, 1.165) is 29.8 Å². The Morgan fingerprint density at radius 1 is 1.12 bits per heavy atom. The molecule has 0 saturated carbocycles. The van der Waals surface area contributed by atoms with Crippen LogP contribution < -0.4 is 4.74 Å². The summed E-state index contributed by atoms with van der Waals surface area (Å²) in [5.74, 6) is 1.76. The lowest BCUT2D eigenvalue weighted by Gasteiger charge is -2.33. The molecule has 0 radical (unpaired) electrons. The number of ether oxygens (including phenoxy) is 1. The molecule has 0 N–H and O–H groups in total. The largest absolute Gasteiger partial charge is 0.484 e. The maximum atomic E-state index is 12.5. The first kappa shape index (κ1) is 21.5. The van der Waals surface area contributed by atoms with E-state index in [4.69, 9.17) is 14.5 Å². The summed E-state index contributed by atoms with van der Waals surface area (Å²) in [7, 11) is 0. The number of amides is 1. The zero-order valence-corrected chi connectivity index (χ0v) is 18.0. The summed E-state index contributed by atoms with van der Waals surface area (Å²) in [6.45, 7) is 5.31. The summed E-state index contributed by atoms with van der Waals surface area (Å²) in [6, 6.07) is 17.3. The van der Waals surface area contributed by atoms with Crippen LogP contribution in [-0.2, 0) is 17.8 Å². The lowest BCUT2D eigenvalue weighted by atomic mass is 10.1. The van der Waals surface area contributed by atoms with E-state index in [0.29, 0.717) is 43.5 Å². The van der Waals surface area contributed by atoms with Crippen LogP contribution in [0.3, 0.4) is 0 Å². The number of rotatable bonds is 7. The molecule has 4 rings (SSSR count). The summed E-state index contributed by atoms with van der Waals surface area (Å²) in [5.41, 5.74) is 3.00. The standard InChI is InChI=1S/C24H25N5O3/c1-18-4-2-3-5-21(18)24-26-22(32-27-24)16-28-12-14-29(15-13-28)23(30)17-31-20-8-6-19(7-9-20)10-11-25/h2-9H,10,12-17H2,1H3. The quantitative estimate of drug-likeness (QED) is 0.568. The number of hydrogen-bond acceptors (Lipinski definition) is 7. The normalized spacial score (nSPS) is 14.2. The Morgan fingerprint density at radius 2 is 1.88 bits per heavy atom. The van der Waals surface area contributed by atoms with Gasteiger partial charge in [-0.2, -0.15) is 10.2 Å². The fourth-order valence-electron chi connectivity index (χ4n) is 3.63. The smallest absolute Gasteiger partial charge is 0.260 e. The zero-order valence-electron chi connectivity index (χ0n) is 18.0. The summed E-state index contributed by atoms with van der Waals surface area (Å²) >= 11 is 0. The first-order valence-corrected chi connectivity index (χ1v) is 10.6. The molecule has 2 heterocycles. The molecule has 1 aliphatic rings. The predicted octanol–water partition coefficient (Wildman–Crippen LogP) is 2.83. The van der Waals surface area contributed by atoms with Crippen LogP contribution in [0.2, 0.25) is 0 Å². The van der Waals surface area contributed by atoms with E-state index in [1.807, 2.05) is 48.2 Å². The molecule has 0 unspecified atom stereocenters. The second kappa shape index (κ2) is 10.1. The average molecular weight is 431 g/mol. The monoisotopic (exact) mass is 431 g/mol. The van der Waals surface area contributed by atoms with Gasteiger partial charge in [-0.1, -0.05) is 41.6 Å². The molecule has 8 heteroatoms. The molecular weight excluding hydrogens is 406 g/mol. The first-order valence-electron chi connectivity index (χ1n) is 10.6. The van der Waals surface area contributed by atoms with E-state index >= 15 is 0 Å². The molecule has 3 aromatic rings. The van der Waals surface area contributed by atoms with Crippen molar-refractivity contribution in [1.29, 1.82) is 5.26 Å². The van der Waals surface area contributed by atoms with Gasteiger partial charge in [0.15, 0.2) is 6.61 Å². The maximum absolute atomic E-state index is 12.5. The number of nitriles is 1. The van der Waals surface area contributed by atoms with Gasteiger partial charge in [-0.05, 0) is 30.2 Å². The van der Waals surface area contributed by atoms with Crippen molar-refractivity contribution in [2.45, 2.75) is 19.9 Å². The Balaban J connectivity index is 1.23. The van der Waals surface area contributed by atoms with Gasteiger partial charge in [0.25, 0.3) is 5.91 Å². The third-order valence-corrected chi connectivity index (χ3v) is 5.51. The fraction of sp³-hybridized carbons (Fsp3) is 0.333. The molecule has 1 saturated heterocycles. The molecule has 164 valence electrons. The highest BCUT2D eigenvalue weighted by Crippen LogP contribution is 2.20. The van der Waals surface area contributed by atoms with Gasteiger partial charge in [0, 0.05) is 31.7 Å². The topological polar surface area (TPSA) is 95.5 Å². The van der Waals surface area contributed by atoms with E-state index in [2.05, 4.69) is 21.1 Å². The van der Waals surface area contributed by atoms with Crippen LogP contribution in [0.25, 0.3) is 11.4 Å². The highest BCUT2D eigenvalue weighted by Gasteiger charge is 2.23. The van der Waals surface area contributed by atoms with Crippen molar-refractivity contribution >= 4 is 5.91 Å². The second-order valence-electron chi connectivity index (χ2n) is 7.75.